The summed E-state index contributed by atoms with van der Waals surface area (Å²) in [4.78, 5) is 0.877. The number of hydrogen-bond acceptors (Lipinski definition) is 1. The maximum absolute atomic E-state index is 5.20. The highest BCUT2D eigenvalue weighted by molar-refractivity contribution is 7.80. The summed E-state index contributed by atoms with van der Waals surface area (Å²) in [5.41, 5.74) is 2.04. The fraction of sp³-hybridized carbons (Fsp3) is 0.111. The van der Waals surface area contributed by atoms with Crippen LogP contribution in [0.4, 0.5) is 0 Å². The topological polar surface area (TPSA) is 0 Å². The molecule has 10 heavy (non-hydrogen) atoms. The largest absolute Gasteiger partial charge is 0.142 e. The molecule has 50 valence electrons. The second kappa shape index (κ2) is 2.81. The summed E-state index contributed by atoms with van der Waals surface area (Å²) >= 11 is 4.21. The van der Waals surface area contributed by atoms with Gasteiger partial charge in [-0.25, -0.2) is 0 Å². The molecule has 0 nitrogen and oxygen atoms in total. The van der Waals surface area contributed by atoms with Gasteiger partial charge in [0.2, 0.25) is 0 Å². The Bertz CT molecular complexity index is 281. The predicted octanol–water partition coefficient (Wildman–Crippen LogP) is 2.27. The standard InChI is InChI=1S/C9H8S/c1-3-8-5-4-7(2)6-9(8)10/h1,4-6,10H,2H3. The van der Waals surface area contributed by atoms with Crippen LogP contribution in [0.25, 0.3) is 0 Å². The van der Waals surface area contributed by atoms with E-state index < -0.39 is 0 Å². The fourth-order valence-corrected chi connectivity index (χ4v) is 1.11. The summed E-state index contributed by atoms with van der Waals surface area (Å²) < 4.78 is 0. The lowest BCUT2D eigenvalue weighted by Gasteiger charge is -1.96. The number of thiol groups is 1. The highest BCUT2D eigenvalue weighted by atomic mass is 32.1. The van der Waals surface area contributed by atoms with Gasteiger partial charge in [0.05, 0.1) is 0 Å². The normalized spacial score (nSPS) is 8.90. The Morgan fingerprint density at radius 2 is 2.20 bits per heavy atom. The lowest BCUT2D eigenvalue weighted by molar-refractivity contribution is 1.34. The van der Waals surface area contributed by atoms with E-state index in [9.17, 15) is 0 Å². The van der Waals surface area contributed by atoms with Crippen LogP contribution in [0.15, 0.2) is 23.1 Å². The third-order valence-electron chi connectivity index (χ3n) is 1.31. The molecule has 0 radical (unpaired) electrons. The minimum Gasteiger partial charge on any atom is -0.142 e. The number of hydrogen-bond donors (Lipinski definition) is 1. The van der Waals surface area contributed by atoms with Crippen molar-refractivity contribution >= 4 is 12.6 Å². The van der Waals surface area contributed by atoms with Crippen molar-refractivity contribution < 1.29 is 0 Å². The summed E-state index contributed by atoms with van der Waals surface area (Å²) in [6, 6.07) is 5.84. The van der Waals surface area contributed by atoms with Crippen molar-refractivity contribution in [3.05, 3.63) is 29.3 Å². The molecule has 1 rings (SSSR count). The summed E-state index contributed by atoms with van der Waals surface area (Å²) in [5.74, 6) is 2.55. The molecule has 0 atom stereocenters. The first kappa shape index (κ1) is 7.24. The Balaban J connectivity index is 3.23. The lowest BCUT2D eigenvalue weighted by Crippen LogP contribution is -1.78. The average molecular weight is 148 g/mol. The van der Waals surface area contributed by atoms with E-state index in [1.54, 1.807) is 0 Å². The van der Waals surface area contributed by atoms with Gasteiger partial charge in [-0.3, -0.25) is 0 Å². The molecule has 0 bridgehead atoms. The molecule has 0 amide bonds. The minimum absolute atomic E-state index is 0.855. The van der Waals surface area contributed by atoms with E-state index in [-0.39, 0.29) is 0 Å². The van der Waals surface area contributed by atoms with Gasteiger partial charge >= 0.3 is 0 Å². The molecule has 0 fully saturated rings. The molecule has 0 aliphatic carbocycles. The van der Waals surface area contributed by atoms with Gasteiger partial charge in [0.1, 0.15) is 0 Å². The van der Waals surface area contributed by atoms with Crippen molar-refractivity contribution in [3.63, 3.8) is 0 Å². The van der Waals surface area contributed by atoms with Crippen molar-refractivity contribution in [2.45, 2.75) is 11.8 Å². The third kappa shape index (κ3) is 1.34. The molecule has 0 aliphatic rings. The van der Waals surface area contributed by atoms with Crippen LogP contribution in [0.3, 0.4) is 0 Å². The molecular formula is C9H8S. The number of aryl methyl sites for hydroxylation is 1. The molecule has 0 unspecified atom stereocenters. The van der Waals surface area contributed by atoms with Gasteiger partial charge in [0, 0.05) is 10.5 Å². The molecule has 1 aromatic carbocycles. The van der Waals surface area contributed by atoms with Crippen LogP contribution in [0.2, 0.25) is 0 Å². The smallest absolute Gasteiger partial charge is 0.0376 e. The quantitative estimate of drug-likeness (QED) is 0.423. The molecule has 0 saturated carbocycles. The first-order chi connectivity index (χ1) is 4.74. The van der Waals surface area contributed by atoms with E-state index in [1.165, 1.54) is 5.56 Å². The van der Waals surface area contributed by atoms with Crippen LogP contribution in [0.5, 0.6) is 0 Å². The Labute approximate surface area is 66.7 Å². The zero-order valence-corrected chi connectivity index (χ0v) is 6.65. The maximum atomic E-state index is 5.20. The third-order valence-corrected chi connectivity index (χ3v) is 1.68. The van der Waals surface area contributed by atoms with E-state index in [0.29, 0.717) is 0 Å². The summed E-state index contributed by atoms with van der Waals surface area (Å²) in [5, 5.41) is 0. The molecular weight excluding hydrogens is 140 g/mol. The van der Waals surface area contributed by atoms with Crippen LogP contribution < -0.4 is 0 Å². The molecule has 0 aliphatic heterocycles. The van der Waals surface area contributed by atoms with Gasteiger partial charge < -0.3 is 0 Å². The molecule has 0 N–H and O–H groups in total. The van der Waals surface area contributed by atoms with Gasteiger partial charge in [0.25, 0.3) is 0 Å². The van der Waals surface area contributed by atoms with E-state index in [2.05, 4.69) is 18.5 Å². The number of terminal acetylenes is 1. The second-order valence-corrected chi connectivity index (χ2v) is 2.65. The molecule has 0 saturated heterocycles. The first-order valence-corrected chi connectivity index (χ1v) is 3.45. The van der Waals surface area contributed by atoms with E-state index in [1.807, 2.05) is 25.1 Å². The average Bonchev–Trinajstić information content (AvgIpc) is 1.88. The SMILES string of the molecule is C#Cc1ccc(C)cc1S. The van der Waals surface area contributed by atoms with Gasteiger partial charge in [0.15, 0.2) is 0 Å². The summed E-state index contributed by atoms with van der Waals surface area (Å²) in [6.07, 6.45) is 5.20. The van der Waals surface area contributed by atoms with Crippen molar-refractivity contribution in [1.29, 1.82) is 0 Å². The molecule has 0 heterocycles. The van der Waals surface area contributed by atoms with E-state index in [4.69, 9.17) is 6.42 Å². The molecule has 0 aromatic heterocycles. The van der Waals surface area contributed by atoms with Crippen molar-refractivity contribution in [3.8, 4) is 12.3 Å². The van der Waals surface area contributed by atoms with Crippen molar-refractivity contribution in [1.82, 2.24) is 0 Å². The van der Waals surface area contributed by atoms with Crippen LogP contribution >= 0.6 is 12.6 Å². The Morgan fingerprint density at radius 1 is 1.50 bits per heavy atom. The van der Waals surface area contributed by atoms with Crippen LogP contribution in [0, 0.1) is 19.3 Å². The van der Waals surface area contributed by atoms with Crippen LogP contribution in [-0.2, 0) is 0 Å². The van der Waals surface area contributed by atoms with Crippen LogP contribution in [0.1, 0.15) is 11.1 Å². The fourth-order valence-electron chi connectivity index (χ4n) is 0.764. The zero-order chi connectivity index (χ0) is 7.56. The van der Waals surface area contributed by atoms with Crippen molar-refractivity contribution in [2.24, 2.45) is 0 Å². The second-order valence-electron chi connectivity index (χ2n) is 2.16. The number of rotatable bonds is 0. The zero-order valence-electron chi connectivity index (χ0n) is 5.76. The monoisotopic (exact) mass is 148 g/mol. The number of benzene rings is 1. The Morgan fingerprint density at radius 3 is 2.70 bits per heavy atom. The first-order valence-electron chi connectivity index (χ1n) is 3.00. The minimum atomic E-state index is 0.855. The summed E-state index contributed by atoms with van der Waals surface area (Å²) in [7, 11) is 0. The van der Waals surface area contributed by atoms with E-state index >= 15 is 0 Å². The van der Waals surface area contributed by atoms with Gasteiger partial charge in [-0.1, -0.05) is 12.0 Å². The molecule has 0 spiro atoms. The van der Waals surface area contributed by atoms with Crippen LogP contribution in [-0.4, -0.2) is 0 Å². The van der Waals surface area contributed by atoms with Gasteiger partial charge in [-0.05, 0) is 24.6 Å². The van der Waals surface area contributed by atoms with E-state index in [0.717, 1.165) is 10.5 Å². The Kier molecular flexibility index (Phi) is 2.03. The molecule has 1 heteroatoms. The highest BCUT2D eigenvalue weighted by Crippen LogP contribution is 2.13. The van der Waals surface area contributed by atoms with Crippen molar-refractivity contribution in [2.75, 3.05) is 0 Å². The lowest BCUT2D eigenvalue weighted by atomic mass is 10.2. The van der Waals surface area contributed by atoms with Gasteiger partial charge in [-0.2, -0.15) is 0 Å². The van der Waals surface area contributed by atoms with Gasteiger partial charge in [-0.15, -0.1) is 19.1 Å². The summed E-state index contributed by atoms with van der Waals surface area (Å²) in [6.45, 7) is 2.01. The maximum Gasteiger partial charge on any atom is 0.0376 e. The Hall–Kier alpha value is -0.870. The predicted molar refractivity (Wildman–Crippen MR) is 46.4 cm³/mol. The highest BCUT2D eigenvalue weighted by Gasteiger charge is 1.92. The molecule has 1 aromatic rings.